The van der Waals surface area contributed by atoms with Crippen LogP contribution in [0, 0.1) is 11.8 Å². The summed E-state index contributed by atoms with van der Waals surface area (Å²) in [6.45, 7) is 2.40. The van der Waals surface area contributed by atoms with Gasteiger partial charge in [0.05, 0.1) is 12.7 Å². The summed E-state index contributed by atoms with van der Waals surface area (Å²) < 4.78 is 11.5. The minimum absolute atomic E-state index is 0.0320. The van der Waals surface area contributed by atoms with Crippen molar-refractivity contribution in [3.8, 4) is 11.1 Å². The molecule has 0 spiro atoms. The standard InChI is InChI=1S/C34H38N2O6/c1-22(41-20-23-11-3-2-4-12-23)31(33(38)39)36-32(37)25-14-6-5-13-24(25)19-35-34(40)42-21-30-28-17-9-7-15-26(28)27-16-8-10-18-29(27)30/h2-4,7-12,15-18,22,24-25,30-31H,5-6,13-14,19-21H2,1H3,(H,35,40)(H,36,37)(H,38,39)/t22-,24+,25+,31+/m1/s1. The van der Waals surface area contributed by atoms with E-state index in [1.54, 1.807) is 6.92 Å². The molecular weight excluding hydrogens is 532 g/mol. The number of aliphatic carboxylic acids is 1. The molecule has 3 aromatic carbocycles. The molecule has 3 N–H and O–H groups in total. The average Bonchev–Trinajstić information content (AvgIpc) is 3.34. The lowest BCUT2D eigenvalue weighted by atomic mass is 9.78. The number of benzene rings is 3. The maximum atomic E-state index is 13.3. The monoisotopic (exact) mass is 570 g/mol. The topological polar surface area (TPSA) is 114 Å². The Hall–Kier alpha value is -4.17. The predicted octanol–water partition coefficient (Wildman–Crippen LogP) is 5.51. The predicted molar refractivity (Wildman–Crippen MR) is 159 cm³/mol. The van der Waals surface area contributed by atoms with Gasteiger partial charge in [-0.15, -0.1) is 0 Å². The van der Waals surface area contributed by atoms with Crippen molar-refractivity contribution in [3.05, 3.63) is 95.6 Å². The van der Waals surface area contributed by atoms with Crippen molar-refractivity contribution in [2.75, 3.05) is 13.2 Å². The largest absolute Gasteiger partial charge is 0.480 e. The molecule has 5 rings (SSSR count). The molecule has 0 radical (unpaired) electrons. The first-order valence-electron chi connectivity index (χ1n) is 14.7. The van der Waals surface area contributed by atoms with Crippen LogP contribution < -0.4 is 10.6 Å². The summed E-state index contributed by atoms with van der Waals surface area (Å²) in [7, 11) is 0. The minimum atomic E-state index is -1.18. The molecule has 2 aliphatic rings. The van der Waals surface area contributed by atoms with Gasteiger partial charge in [-0.25, -0.2) is 9.59 Å². The van der Waals surface area contributed by atoms with Gasteiger partial charge in [-0.3, -0.25) is 4.79 Å². The molecule has 2 amide bonds. The molecule has 4 atom stereocenters. The molecule has 2 aliphatic carbocycles. The molecule has 1 fully saturated rings. The molecule has 3 aromatic rings. The lowest BCUT2D eigenvalue weighted by molar-refractivity contribution is -0.147. The number of alkyl carbamates (subject to hydrolysis) is 1. The number of ether oxygens (including phenoxy) is 2. The maximum absolute atomic E-state index is 13.3. The van der Waals surface area contributed by atoms with Gasteiger partial charge in [0.25, 0.3) is 0 Å². The van der Waals surface area contributed by atoms with Gasteiger partial charge >= 0.3 is 12.1 Å². The molecule has 0 aromatic heterocycles. The molecule has 0 bridgehead atoms. The van der Waals surface area contributed by atoms with Crippen molar-refractivity contribution < 1.29 is 29.0 Å². The van der Waals surface area contributed by atoms with Crippen molar-refractivity contribution in [1.82, 2.24) is 10.6 Å². The Morgan fingerprint density at radius 2 is 1.50 bits per heavy atom. The average molecular weight is 571 g/mol. The lowest BCUT2D eigenvalue weighted by Crippen LogP contribution is -2.52. The SMILES string of the molecule is C[C@@H](OCc1ccccc1)[C@H](NC(=O)[C@H]1CCCC[C@H]1CNC(=O)OCC1c2ccccc2-c2ccccc21)C(=O)O. The molecule has 0 unspecified atom stereocenters. The van der Waals surface area contributed by atoms with Crippen molar-refractivity contribution in [2.45, 2.75) is 57.3 Å². The van der Waals surface area contributed by atoms with Crippen LogP contribution in [-0.2, 0) is 25.7 Å². The van der Waals surface area contributed by atoms with Crippen molar-refractivity contribution in [2.24, 2.45) is 11.8 Å². The highest BCUT2D eigenvalue weighted by molar-refractivity contribution is 5.85. The zero-order valence-electron chi connectivity index (χ0n) is 23.8. The van der Waals surface area contributed by atoms with E-state index >= 15 is 0 Å². The minimum Gasteiger partial charge on any atom is -0.480 e. The van der Waals surface area contributed by atoms with Crippen LogP contribution in [0.15, 0.2) is 78.9 Å². The number of carbonyl (C=O) groups excluding carboxylic acids is 2. The molecule has 1 saturated carbocycles. The third-order valence-corrected chi connectivity index (χ3v) is 8.49. The van der Waals surface area contributed by atoms with Crippen LogP contribution in [0.4, 0.5) is 4.79 Å². The first kappa shape index (κ1) is 29.3. The Morgan fingerprint density at radius 3 is 2.17 bits per heavy atom. The number of nitrogens with one attached hydrogen (secondary N) is 2. The van der Waals surface area contributed by atoms with Crippen LogP contribution in [0.5, 0.6) is 0 Å². The Labute approximate surface area is 246 Å². The molecule has 0 aliphatic heterocycles. The van der Waals surface area contributed by atoms with Crippen LogP contribution in [0.25, 0.3) is 11.1 Å². The second kappa shape index (κ2) is 13.7. The first-order valence-corrected chi connectivity index (χ1v) is 14.7. The van der Waals surface area contributed by atoms with E-state index in [1.807, 2.05) is 54.6 Å². The second-order valence-corrected chi connectivity index (χ2v) is 11.2. The summed E-state index contributed by atoms with van der Waals surface area (Å²) in [5.41, 5.74) is 5.54. The van der Waals surface area contributed by atoms with Crippen LogP contribution in [0.1, 0.15) is 55.2 Å². The molecule has 0 saturated heterocycles. The van der Waals surface area contributed by atoms with E-state index in [-0.39, 0.29) is 37.5 Å². The summed E-state index contributed by atoms with van der Waals surface area (Å²) in [4.78, 5) is 38.1. The number of hydrogen-bond donors (Lipinski definition) is 3. The Balaban J connectivity index is 1.14. The van der Waals surface area contributed by atoms with Gasteiger partial charge in [0.2, 0.25) is 5.91 Å². The van der Waals surface area contributed by atoms with Crippen molar-refractivity contribution >= 4 is 18.0 Å². The first-order chi connectivity index (χ1) is 20.4. The van der Waals surface area contributed by atoms with Crippen molar-refractivity contribution in [1.29, 1.82) is 0 Å². The second-order valence-electron chi connectivity index (χ2n) is 11.2. The summed E-state index contributed by atoms with van der Waals surface area (Å²) >= 11 is 0. The number of hydrogen-bond acceptors (Lipinski definition) is 5. The zero-order valence-corrected chi connectivity index (χ0v) is 23.8. The summed E-state index contributed by atoms with van der Waals surface area (Å²) in [6.07, 6.45) is 1.96. The maximum Gasteiger partial charge on any atom is 0.407 e. The van der Waals surface area contributed by atoms with Crippen LogP contribution in [-0.4, -0.2) is 48.4 Å². The Bertz CT molecular complexity index is 1350. The summed E-state index contributed by atoms with van der Waals surface area (Å²) in [5.74, 6) is -2.02. The molecule has 42 heavy (non-hydrogen) atoms. The number of fused-ring (bicyclic) bond motifs is 3. The highest BCUT2D eigenvalue weighted by atomic mass is 16.5. The lowest BCUT2D eigenvalue weighted by Gasteiger charge is -2.32. The van der Waals surface area contributed by atoms with E-state index in [0.29, 0.717) is 6.42 Å². The fourth-order valence-corrected chi connectivity index (χ4v) is 6.20. The Morgan fingerprint density at radius 1 is 0.881 bits per heavy atom. The number of rotatable bonds is 11. The van der Waals surface area contributed by atoms with Gasteiger partial charge in [-0.1, -0.05) is 91.7 Å². The third-order valence-electron chi connectivity index (χ3n) is 8.49. The van der Waals surface area contributed by atoms with Crippen molar-refractivity contribution in [3.63, 3.8) is 0 Å². The fraction of sp³-hybridized carbons (Fsp3) is 0.382. The highest BCUT2D eigenvalue weighted by Crippen LogP contribution is 2.44. The summed E-state index contributed by atoms with van der Waals surface area (Å²) in [6, 6.07) is 24.6. The van der Waals surface area contributed by atoms with Gasteiger partial charge in [0, 0.05) is 18.4 Å². The molecule has 220 valence electrons. The number of carboxylic acids is 1. The van der Waals surface area contributed by atoms with Gasteiger partial charge in [0.15, 0.2) is 6.04 Å². The van der Waals surface area contributed by atoms with E-state index in [0.717, 1.165) is 47.1 Å². The fourth-order valence-electron chi connectivity index (χ4n) is 6.20. The quantitative estimate of drug-likeness (QED) is 0.280. The van der Waals surface area contributed by atoms with E-state index in [4.69, 9.17) is 9.47 Å². The van der Waals surface area contributed by atoms with Crippen LogP contribution >= 0.6 is 0 Å². The molecule has 8 heteroatoms. The number of carbonyl (C=O) groups is 3. The molecule has 0 heterocycles. The van der Waals surface area contributed by atoms with Crippen LogP contribution in [0.2, 0.25) is 0 Å². The zero-order chi connectivity index (χ0) is 29.5. The third kappa shape index (κ3) is 6.82. The van der Waals surface area contributed by atoms with Crippen LogP contribution in [0.3, 0.4) is 0 Å². The van der Waals surface area contributed by atoms with Gasteiger partial charge in [0.1, 0.15) is 6.61 Å². The van der Waals surface area contributed by atoms with E-state index in [1.165, 1.54) is 0 Å². The van der Waals surface area contributed by atoms with Gasteiger partial charge < -0.3 is 25.2 Å². The number of carboxylic acid groups (broad SMARTS) is 1. The normalized spacial score (nSPS) is 19.2. The van der Waals surface area contributed by atoms with E-state index < -0.39 is 30.1 Å². The smallest absolute Gasteiger partial charge is 0.407 e. The van der Waals surface area contributed by atoms with E-state index in [9.17, 15) is 19.5 Å². The number of amides is 2. The highest BCUT2D eigenvalue weighted by Gasteiger charge is 2.36. The molecule has 8 nitrogen and oxygen atoms in total. The summed E-state index contributed by atoms with van der Waals surface area (Å²) in [5, 5.41) is 15.4. The van der Waals surface area contributed by atoms with Gasteiger partial charge in [-0.05, 0) is 53.5 Å². The van der Waals surface area contributed by atoms with Gasteiger partial charge in [-0.2, -0.15) is 0 Å². The molecular formula is C34H38N2O6. The Kier molecular flexibility index (Phi) is 9.54. The van der Waals surface area contributed by atoms with E-state index in [2.05, 4.69) is 34.9 Å².